The Morgan fingerprint density at radius 1 is 1.04 bits per heavy atom. The van der Waals surface area contributed by atoms with E-state index in [1.807, 2.05) is 20.8 Å². The Bertz CT molecular complexity index is 1280. The Labute approximate surface area is 331 Å². The zero-order valence-electron chi connectivity index (χ0n) is 35.0. The van der Waals surface area contributed by atoms with Crippen LogP contribution in [0.5, 0.6) is 0 Å². The predicted octanol–water partition coefficient (Wildman–Crippen LogP) is 3.23. The highest BCUT2D eigenvalue weighted by Crippen LogP contribution is 2.38. The highest BCUT2D eigenvalue weighted by atomic mass is 19.1. The molecule has 3 N–H and O–H groups in total. The number of halogens is 1. The fourth-order valence-electron chi connectivity index (χ4n) is 8.03. The second-order valence-corrected chi connectivity index (χ2v) is 16.7. The number of aliphatic hydroxyl groups excluding tert-OH is 2. The summed E-state index contributed by atoms with van der Waals surface area (Å²) < 4.78 is 62.7. The zero-order valence-corrected chi connectivity index (χ0v) is 35.0. The molecule has 0 radical (unpaired) electrons. The number of esters is 3. The summed E-state index contributed by atoms with van der Waals surface area (Å²) in [4.78, 5) is 39.8. The summed E-state index contributed by atoms with van der Waals surface area (Å²) in [5.41, 5.74) is -1.50. The van der Waals surface area contributed by atoms with Crippen molar-refractivity contribution in [1.82, 2.24) is 4.90 Å². The Kier molecular flexibility index (Phi) is 18.6. The molecule has 3 aliphatic rings. The largest absolute Gasteiger partial charge is 0.462 e. The molecule has 0 aromatic rings. The first-order valence-corrected chi connectivity index (χ1v) is 19.9. The quantitative estimate of drug-likeness (QED) is 0.148. The number of rotatable bonds is 12. The summed E-state index contributed by atoms with van der Waals surface area (Å²) in [6.45, 7) is 12.7. The van der Waals surface area contributed by atoms with Crippen molar-refractivity contribution in [3.8, 4) is 0 Å². The summed E-state index contributed by atoms with van der Waals surface area (Å²) in [5, 5.41) is 34.5. The van der Waals surface area contributed by atoms with Crippen LogP contribution in [0.1, 0.15) is 93.9 Å². The third kappa shape index (κ3) is 13.4. The van der Waals surface area contributed by atoms with Crippen LogP contribution >= 0.6 is 0 Å². The Morgan fingerprint density at radius 2 is 1.71 bits per heavy atom. The van der Waals surface area contributed by atoms with Crippen molar-refractivity contribution in [3.05, 3.63) is 12.2 Å². The van der Waals surface area contributed by atoms with Crippen molar-refractivity contribution in [2.24, 2.45) is 17.8 Å². The lowest BCUT2D eigenvalue weighted by Gasteiger charge is -2.50. The van der Waals surface area contributed by atoms with Crippen LogP contribution in [-0.2, 0) is 52.3 Å². The van der Waals surface area contributed by atoms with Gasteiger partial charge in [0.05, 0.1) is 43.6 Å². The molecule has 0 aromatic carbocycles. The third-order valence-electron chi connectivity index (χ3n) is 10.8. The average Bonchev–Trinajstić information content (AvgIpc) is 3.06. The monoisotopic (exact) mass is 805 g/mol. The van der Waals surface area contributed by atoms with Crippen molar-refractivity contribution in [3.63, 3.8) is 0 Å². The number of likely N-dealkylation sites (N-methyl/N-ethyl adjacent to an activating group) is 1. The number of carbonyl (C=O) groups is 3. The lowest BCUT2D eigenvalue weighted by molar-refractivity contribution is -0.344. The van der Waals surface area contributed by atoms with Crippen LogP contribution in [0, 0.1) is 17.8 Å². The molecule has 15 nitrogen and oxygen atoms in total. The SMILES string of the molecule is CO[C@@H]1C(O[C@@H]2O[C@H](C)[C@@H](O[C@H]3C[C@@](C)(O)[C@@H](OC(=O)CC(C)C)[C@H](C)O3)[C@H](N(C)C)[C@H]2O)[C@@H](CCF)C[C@@H](C)[C@@H](O)/C=C/C[C@@H](C)OC(=O)C[C@H]1OC(C)=O. The summed E-state index contributed by atoms with van der Waals surface area (Å²) >= 11 is 0. The van der Waals surface area contributed by atoms with E-state index in [0.717, 1.165) is 0 Å². The molecule has 0 aliphatic carbocycles. The van der Waals surface area contributed by atoms with Crippen LogP contribution in [0.3, 0.4) is 0 Å². The molecule has 2 saturated heterocycles. The molecule has 16 heteroatoms. The lowest BCUT2D eigenvalue weighted by atomic mass is 9.82. The molecule has 0 bridgehead atoms. The van der Waals surface area contributed by atoms with Gasteiger partial charge >= 0.3 is 17.9 Å². The van der Waals surface area contributed by atoms with Crippen LogP contribution in [0.25, 0.3) is 0 Å². The van der Waals surface area contributed by atoms with Crippen molar-refractivity contribution >= 4 is 17.9 Å². The standard InChI is InChI=1S/C40H68FNO14/c1-21(2)17-30(45)54-38-25(6)51-32(20-40(38,8)48)55-35-24(5)52-39(34(47)33(35)42(9)10)56-36-27(15-16-41)18-22(3)28(44)14-12-13-23(4)50-31(46)19-29(37(36)49-11)53-26(7)43/h12,14,21-25,27-29,32-39,44,47-48H,13,15-20H2,1-11H3/b14-12+/t22-,23-,24-,25+,27+,28+,29-,32+,33-,34-,35-,36?,37+,38+,39+,40-/m1/s1. The Balaban J connectivity index is 1.95. The molecule has 0 spiro atoms. The lowest BCUT2D eigenvalue weighted by Crippen LogP contribution is -2.66. The fraction of sp³-hybridized carbons (Fsp3) is 0.875. The number of methoxy groups -OCH3 is 1. The molecule has 3 heterocycles. The number of carbonyl (C=O) groups excluding carboxylic acids is 3. The smallest absolute Gasteiger partial charge is 0.309 e. The van der Waals surface area contributed by atoms with Crippen LogP contribution < -0.4 is 0 Å². The Hall–Kier alpha value is -2.28. The molecule has 1 unspecified atom stereocenters. The van der Waals surface area contributed by atoms with Gasteiger partial charge in [-0.15, -0.1) is 0 Å². The van der Waals surface area contributed by atoms with E-state index in [1.54, 1.807) is 58.8 Å². The van der Waals surface area contributed by atoms with Crippen LogP contribution in [0.4, 0.5) is 4.39 Å². The van der Waals surface area contributed by atoms with Crippen molar-refractivity contribution in [2.75, 3.05) is 27.9 Å². The van der Waals surface area contributed by atoms with Crippen LogP contribution in [0.2, 0.25) is 0 Å². The van der Waals surface area contributed by atoms with E-state index >= 15 is 0 Å². The number of ether oxygens (including phenoxy) is 8. The van der Waals surface area contributed by atoms with Gasteiger partial charge in [-0.25, -0.2) is 0 Å². The molecule has 3 rings (SSSR count). The maximum atomic E-state index is 14.4. The number of aliphatic hydroxyl groups is 3. The van der Waals surface area contributed by atoms with Gasteiger partial charge in [0.2, 0.25) is 0 Å². The maximum absolute atomic E-state index is 14.4. The number of alkyl halides is 1. The van der Waals surface area contributed by atoms with Gasteiger partial charge in [-0.1, -0.05) is 32.9 Å². The molecule has 16 atom stereocenters. The zero-order chi connectivity index (χ0) is 42.1. The number of hydrogen-bond acceptors (Lipinski definition) is 15. The number of hydrogen-bond donors (Lipinski definition) is 3. The Morgan fingerprint density at radius 3 is 2.29 bits per heavy atom. The van der Waals surface area contributed by atoms with Gasteiger partial charge in [0, 0.05) is 33.3 Å². The minimum absolute atomic E-state index is 0.0448. The summed E-state index contributed by atoms with van der Waals surface area (Å²) in [7, 11) is 4.84. The molecular formula is C40H68FNO14. The average molecular weight is 806 g/mol. The molecule has 0 amide bonds. The molecule has 2 fully saturated rings. The predicted molar refractivity (Wildman–Crippen MR) is 201 cm³/mol. The van der Waals surface area contributed by atoms with Crippen molar-refractivity contribution < 1.29 is 72.0 Å². The molecule has 56 heavy (non-hydrogen) atoms. The van der Waals surface area contributed by atoms with E-state index in [1.165, 1.54) is 14.0 Å². The molecule has 0 saturated carbocycles. The molecule has 324 valence electrons. The van der Waals surface area contributed by atoms with Gasteiger partial charge in [-0.05, 0) is 72.4 Å². The summed E-state index contributed by atoms with van der Waals surface area (Å²) in [6, 6.07) is -0.778. The first-order valence-electron chi connectivity index (χ1n) is 19.9. The summed E-state index contributed by atoms with van der Waals surface area (Å²) in [6.07, 6.45) is -8.34. The number of cyclic esters (lactones) is 1. The van der Waals surface area contributed by atoms with E-state index < -0.39 is 128 Å². The van der Waals surface area contributed by atoms with Gasteiger partial charge in [-0.2, -0.15) is 0 Å². The highest BCUT2D eigenvalue weighted by molar-refractivity contribution is 5.72. The van der Waals surface area contributed by atoms with Crippen LogP contribution in [-0.4, -0.2) is 151 Å². The van der Waals surface area contributed by atoms with E-state index in [4.69, 9.17) is 37.9 Å². The first kappa shape index (κ1) is 48.1. The summed E-state index contributed by atoms with van der Waals surface area (Å²) in [5.74, 6) is -2.80. The normalized spacial score (nSPS) is 41.1. The number of nitrogens with zero attached hydrogens (tertiary/aromatic N) is 1. The first-order chi connectivity index (χ1) is 26.2. The fourth-order valence-corrected chi connectivity index (χ4v) is 8.03. The minimum atomic E-state index is -1.50. The topological polar surface area (TPSA) is 189 Å². The van der Waals surface area contributed by atoms with Gasteiger partial charge in [-0.3, -0.25) is 18.8 Å². The molecule has 3 aliphatic heterocycles. The van der Waals surface area contributed by atoms with E-state index in [-0.39, 0.29) is 31.6 Å². The maximum Gasteiger partial charge on any atom is 0.309 e. The van der Waals surface area contributed by atoms with Crippen molar-refractivity contribution in [2.45, 2.75) is 179 Å². The molecular weight excluding hydrogens is 737 g/mol. The van der Waals surface area contributed by atoms with Crippen molar-refractivity contribution in [1.29, 1.82) is 0 Å². The van der Waals surface area contributed by atoms with E-state index in [9.17, 15) is 34.1 Å². The van der Waals surface area contributed by atoms with E-state index in [2.05, 4.69) is 0 Å². The van der Waals surface area contributed by atoms with Gasteiger partial charge in [0.15, 0.2) is 18.7 Å². The van der Waals surface area contributed by atoms with Gasteiger partial charge in [0.25, 0.3) is 0 Å². The molecule has 0 aromatic heterocycles. The van der Waals surface area contributed by atoms with Gasteiger partial charge in [0.1, 0.15) is 36.1 Å². The second kappa shape index (κ2) is 21.6. The van der Waals surface area contributed by atoms with Gasteiger partial charge < -0.3 is 58.1 Å². The highest BCUT2D eigenvalue weighted by Gasteiger charge is 2.53. The second-order valence-electron chi connectivity index (χ2n) is 16.7. The van der Waals surface area contributed by atoms with E-state index in [0.29, 0.717) is 6.42 Å². The minimum Gasteiger partial charge on any atom is -0.462 e. The third-order valence-corrected chi connectivity index (χ3v) is 10.8. The van der Waals surface area contributed by atoms with Crippen LogP contribution in [0.15, 0.2) is 12.2 Å².